The average Bonchev–Trinajstić information content (AvgIpc) is 3.25. The van der Waals surface area contributed by atoms with Crippen LogP contribution in [0.5, 0.6) is 5.75 Å². The fourth-order valence-corrected chi connectivity index (χ4v) is 4.83. The van der Waals surface area contributed by atoms with E-state index in [0.29, 0.717) is 29.4 Å². The van der Waals surface area contributed by atoms with Gasteiger partial charge in [-0.3, -0.25) is 24.6 Å². The van der Waals surface area contributed by atoms with E-state index in [0.717, 1.165) is 11.3 Å². The summed E-state index contributed by atoms with van der Waals surface area (Å²) in [6.07, 6.45) is 2.95. The van der Waals surface area contributed by atoms with Crippen molar-refractivity contribution in [1.82, 2.24) is 0 Å². The smallest absolute Gasteiger partial charge is 0.269 e. The summed E-state index contributed by atoms with van der Waals surface area (Å²) in [5.41, 5.74) is 2.96. The maximum atomic E-state index is 12.7. The Bertz CT molecular complexity index is 1260. The van der Waals surface area contributed by atoms with Gasteiger partial charge in [-0.2, -0.15) is 0 Å². The molecule has 3 aromatic carbocycles. The van der Waals surface area contributed by atoms with Gasteiger partial charge in [0.1, 0.15) is 11.1 Å². The van der Waals surface area contributed by atoms with Crippen LogP contribution in [0.4, 0.5) is 17.1 Å². The Morgan fingerprint density at radius 2 is 1.86 bits per heavy atom. The molecule has 1 saturated heterocycles. The number of anilines is 2. The highest BCUT2D eigenvalue weighted by Crippen LogP contribution is 2.44. The third kappa shape index (κ3) is 5.70. The molecule has 8 nitrogen and oxygen atoms in total. The van der Waals surface area contributed by atoms with E-state index < -0.39 is 4.92 Å². The zero-order valence-electron chi connectivity index (χ0n) is 18.9. The van der Waals surface area contributed by atoms with Gasteiger partial charge in [0.15, 0.2) is 0 Å². The molecule has 1 heterocycles. The summed E-state index contributed by atoms with van der Waals surface area (Å²) in [6.45, 7) is 2.41. The maximum Gasteiger partial charge on any atom is 0.269 e. The second kappa shape index (κ2) is 10.9. The zero-order valence-corrected chi connectivity index (χ0v) is 19.7. The van der Waals surface area contributed by atoms with Crippen LogP contribution in [-0.4, -0.2) is 29.1 Å². The van der Waals surface area contributed by atoms with Gasteiger partial charge in [0.2, 0.25) is 11.8 Å². The van der Waals surface area contributed by atoms with Crippen molar-refractivity contribution >= 4 is 46.7 Å². The average molecular weight is 490 g/mol. The minimum atomic E-state index is -0.471. The van der Waals surface area contributed by atoms with E-state index >= 15 is 0 Å². The number of benzene rings is 3. The molecule has 0 aromatic heterocycles. The SMILES string of the molecule is CCOc1ccccc1N1C(=O)CSC1c1ccc(NC(=O)/C=C/c2ccc([N+](=O)[O-])cc2)cc1. The minimum Gasteiger partial charge on any atom is -0.492 e. The standard InChI is InChI=1S/C26H23N3O5S/c1-2-34-23-6-4-3-5-22(23)28-25(31)17-35-26(28)19-10-12-20(13-11-19)27-24(30)16-9-18-7-14-21(15-8-18)29(32)33/h3-16,26H,2,17H2,1H3,(H,27,30)/b16-9+. The molecule has 1 atom stereocenters. The lowest BCUT2D eigenvalue weighted by Crippen LogP contribution is -2.28. The van der Waals surface area contributed by atoms with Gasteiger partial charge in [-0.05, 0) is 60.5 Å². The molecular formula is C26H23N3O5S. The molecular weight excluding hydrogens is 466 g/mol. The van der Waals surface area contributed by atoms with Crippen LogP contribution in [0.1, 0.15) is 23.4 Å². The van der Waals surface area contributed by atoms with E-state index in [4.69, 9.17) is 4.74 Å². The first-order valence-corrected chi connectivity index (χ1v) is 12.0. The molecule has 1 aliphatic rings. The quantitative estimate of drug-likeness (QED) is 0.257. The molecule has 1 unspecified atom stereocenters. The van der Waals surface area contributed by atoms with Crippen molar-refractivity contribution in [3.63, 3.8) is 0 Å². The van der Waals surface area contributed by atoms with Gasteiger partial charge < -0.3 is 10.1 Å². The van der Waals surface area contributed by atoms with Crippen LogP contribution in [0.3, 0.4) is 0 Å². The summed E-state index contributed by atoms with van der Waals surface area (Å²) >= 11 is 1.54. The lowest BCUT2D eigenvalue weighted by Gasteiger charge is -2.26. The molecule has 0 aliphatic carbocycles. The second-order valence-corrected chi connectivity index (χ2v) is 8.69. The van der Waals surface area contributed by atoms with E-state index in [-0.39, 0.29) is 22.9 Å². The van der Waals surface area contributed by atoms with Crippen LogP contribution in [0, 0.1) is 10.1 Å². The molecule has 0 saturated carbocycles. The highest BCUT2D eigenvalue weighted by atomic mass is 32.2. The van der Waals surface area contributed by atoms with Crippen LogP contribution in [0.2, 0.25) is 0 Å². The van der Waals surface area contributed by atoms with E-state index in [1.807, 2.05) is 43.3 Å². The minimum absolute atomic E-state index is 0.00578. The normalized spacial score (nSPS) is 15.4. The number of nitrogens with one attached hydrogen (secondary N) is 1. The van der Waals surface area contributed by atoms with Crippen LogP contribution in [0.15, 0.2) is 78.9 Å². The summed E-state index contributed by atoms with van der Waals surface area (Å²) in [5.74, 6) is 0.728. The Morgan fingerprint density at radius 1 is 1.14 bits per heavy atom. The van der Waals surface area contributed by atoms with Crippen molar-refractivity contribution in [1.29, 1.82) is 0 Å². The van der Waals surface area contributed by atoms with Crippen LogP contribution in [-0.2, 0) is 9.59 Å². The van der Waals surface area contributed by atoms with Gasteiger partial charge in [0, 0.05) is 23.9 Å². The highest BCUT2D eigenvalue weighted by Gasteiger charge is 2.35. The molecule has 3 aromatic rings. The van der Waals surface area contributed by atoms with Crippen molar-refractivity contribution in [2.45, 2.75) is 12.3 Å². The van der Waals surface area contributed by atoms with Gasteiger partial charge in [0.25, 0.3) is 5.69 Å². The third-order valence-electron chi connectivity index (χ3n) is 5.29. The largest absolute Gasteiger partial charge is 0.492 e. The molecule has 0 spiro atoms. The summed E-state index contributed by atoms with van der Waals surface area (Å²) in [6, 6.07) is 20.8. The number of non-ortho nitro benzene ring substituents is 1. The van der Waals surface area contributed by atoms with Crippen molar-refractivity contribution < 1.29 is 19.2 Å². The summed E-state index contributed by atoms with van der Waals surface area (Å²) < 4.78 is 5.73. The maximum absolute atomic E-state index is 12.7. The van der Waals surface area contributed by atoms with Gasteiger partial charge >= 0.3 is 0 Å². The Balaban J connectivity index is 1.44. The third-order valence-corrected chi connectivity index (χ3v) is 6.50. The topological polar surface area (TPSA) is 102 Å². The number of thioether (sulfide) groups is 1. The van der Waals surface area contributed by atoms with Crippen molar-refractivity contribution in [2.75, 3.05) is 22.6 Å². The Morgan fingerprint density at radius 3 is 2.54 bits per heavy atom. The molecule has 35 heavy (non-hydrogen) atoms. The Hall–Kier alpha value is -4.11. The van der Waals surface area contributed by atoms with Gasteiger partial charge in [-0.1, -0.05) is 24.3 Å². The second-order valence-electron chi connectivity index (χ2n) is 7.62. The fraction of sp³-hybridized carbons (Fsp3) is 0.154. The lowest BCUT2D eigenvalue weighted by atomic mass is 10.1. The number of carbonyl (C=O) groups excluding carboxylic acids is 2. The van der Waals surface area contributed by atoms with E-state index in [1.54, 1.807) is 47.0 Å². The van der Waals surface area contributed by atoms with Gasteiger partial charge in [-0.15, -0.1) is 11.8 Å². The number of carbonyl (C=O) groups is 2. The molecule has 1 aliphatic heterocycles. The van der Waals surface area contributed by atoms with E-state index in [1.165, 1.54) is 18.2 Å². The first-order valence-electron chi connectivity index (χ1n) is 10.9. The molecule has 4 rings (SSSR count). The predicted molar refractivity (Wildman–Crippen MR) is 137 cm³/mol. The first kappa shape index (κ1) is 24.0. The van der Waals surface area contributed by atoms with E-state index in [9.17, 15) is 19.7 Å². The summed E-state index contributed by atoms with van der Waals surface area (Å²) in [4.78, 5) is 37.0. The number of hydrogen-bond acceptors (Lipinski definition) is 6. The van der Waals surface area contributed by atoms with Gasteiger partial charge in [0.05, 0.1) is 23.0 Å². The number of amides is 2. The molecule has 0 radical (unpaired) electrons. The molecule has 1 fully saturated rings. The van der Waals surface area contributed by atoms with Crippen LogP contribution >= 0.6 is 11.8 Å². The number of nitrogens with zero attached hydrogens (tertiary/aromatic N) is 2. The molecule has 2 amide bonds. The fourth-order valence-electron chi connectivity index (χ4n) is 3.66. The van der Waals surface area contributed by atoms with Crippen LogP contribution in [0.25, 0.3) is 6.08 Å². The summed E-state index contributed by atoms with van der Waals surface area (Å²) in [5, 5.41) is 13.3. The number of hydrogen-bond donors (Lipinski definition) is 1. The van der Waals surface area contributed by atoms with Gasteiger partial charge in [-0.25, -0.2) is 0 Å². The van der Waals surface area contributed by atoms with E-state index in [2.05, 4.69) is 5.32 Å². The zero-order chi connectivity index (χ0) is 24.8. The Kier molecular flexibility index (Phi) is 7.47. The van der Waals surface area contributed by atoms with Crippen molar-refractivity contribution in [2.24, 2.45) is 0 Å². The number of rotatable bonds is 8. The lowest BCUT2D eigenvalue weighted by molar-refractivity contribution is -0.384. The molecule has 9 heteroatoms. The Labute approximate surface area is 206 Å². The van der Waals surface area contributed by atoms with Crippen LogP contribution < -0.4 is 15.0 Å². The first-order chi connectivity index (χ1) is 17.0. The van der Waals surface area contributed by atoms with Crippen molar-refractivity contribution in [3.05, 3.63) is 100 Å². The molecule has 178 valence electrons. The predicted octanol–water partition coefficient (Wildman–Crippen LogP) is 5.42. The number of nitro benzene ring substituents is 1. The summed E-state index contributed by atoms with van der Waals surface area (Å²) in [7, 11) is 0. The number of nitro groups is 1. The molecule has 0 bridgehead atoms. The molecule has 1 N–H and O–H groups in total. The number of para-hydroxylation sites is 2. The monoisotopic (exact) mass is 489 g/mol. The highest BCUT2D eigenvalue weighted by molar-refractivity contribution is 8.00. The number of ether oxygens (including phenoxy) is 1. The van der Waals surface area contributed by atoms with Crippen molar-refractivity contribution in [3.8, 4) is 5.75 Å².